The lowest BCUT2D eigenvalue weighted by Crippen LogP contribution is -2.24. The van der Waals surface area contributed by atoms with Crippen molar-refractivity contribution < 1.29 is 9.59 Å². The molecular weight excluding hydrogens is 422 g/mol. The number of rotatable bonds is 5. The average molecular weight is 442 g/mol. The normalized spacial score (nSPS) is 12.5. The van der Waals surface area contributed by atoms with Crippen molar-refractivity contribution in [3.05, 3.63) is 83.6 Å². The van der Waals surface area contributed by atoms with Crippen LogP contribution in [0.3, 0.4) is 0 Å². The largest absolute Gasteiger partial charge is 0.272 e. The Morgan fingerprint density at radius 3 is 2.75 bits per heavy atom. The Hall–Kier alpha value is -3.91. The minimum Gasteiger partial charge on any atom is -0.267 e. The number of hydrogen-bond acceptors (Lipinski definition) is 5. The number of aromatic nitrogens is 2. The van der Waals surface area contributed by atoms with Gasteiger partial charge in [-0.2, -0.15) is 5.10 Å². The summed E-state index contributed by atoms with van der Waals surface area (Å²) >= 11 is 1.51. The Kier molecular flexibility index (Phi) is 5.20. The number of carbonyl (C=O) groups excluding carboxylic acids is 2. The number of benzene rings is 2. The van der Waals surface area contributed by atoms with E-state index in [2.05, 4.69) is 20.9 Å². The van der Waals surface area contributed by atoms with Crippen LogP contribution in [0.2, 0.25) is 0 Å². The summed E-state index contributed by atoms with van der Waals surface area (Å²) in [5.41, 5.74) is 9.69. The standard InChI is InChI=1S/C24H19N5O2S/c1-2-32-24-17(11-7-13-25-24)23(31)28-29-19-12-6-10-16-20(19)18(14-26-27-22(16)30)21(29)15-8-4-3-5-9-15/h3-14H,2H2,1H3,(H,27,30)(H,28,31). The Balaban J connectivity index is 1.74. The van der Waals surface area contributed by atoms with Gasteiger partial charge in [-0.15, -0.1) is 11.8 Å². The Bertz CT molecular complexity index is 1380. The summed E-state index contributed by atoms with van der Waals surface area (Å²) < 4.78 is 1.74. The van der Waals surface area contributed by atoms with Gasteiger partial charge in [0.25, 0.3) is 11.8 Å². The highest BCUT2D eigenvalue weighted by molar-refractivity contribution is 7.99. The van der Waals surface area contributed by atoms with Gasteiger partial charge >= 0.3 is 0 Å². The molecule has 4 aromatic rings. The Labute approximate surface area is 188 Å². The quantitative estimate of drug-likeness (QED) is 0.453. The van der Waals surface area contributed by atoms with Crippen molar-refractivity contribution in [3.8, 4) is 11.3 Å². The molecule has 2 aromatic carbocycles. The molecule has 0 unspecified atom stereocenters. The topological polar surface area (TPSA) is 88.4 Å². The van der Waals surface area contributed by atoms with Gasteiger partial charge in [-0.3, -0.25) is 19.7 Å². The third-order valence-electron chi connectivity index (χ3n) is 5.19. The molecule has 7 nitrogen and oxygen atoms in total. The van der Waals surface area contributed by atoms with E-state index < -0.39 is 0 Å². The molecular formula is C24H19N5O2S. The van der Waals surface area contributed by atoms with E-state index in [9.17, 15) is 9.59 Å². The Morgan fingerprint density at radius 1 is 1.09 bits per heavy atom. The predicted octanol–water partition coefficient (Wildman–Crippen LogP) is 4.28. The van der Waals surface area contributed by atoms with Crippen LogP contribution >= 0.6 is 11.8 Å². The van der Waals surface area contributed by atoms with Crippen LogP contribution in [-0.2, 0) is 0 Å². The molecule has 0 radical (unpaired) electrons. The molecule has 5 rings (SSSR count). The van der Waals surface area contributed by atoms with Crippen molar-refractivity contribution in [3.63, 3.8) is 0 Å². The highest BCUT2D eigenvalue weighted by Crippen LogP contribution is 2.35. The van der Waals surface area contributed by atoms with Crippen molar-refractivity contribution in [2.75, 3.05) is 11.2 Å². The summed E-state index contributed by atoms with van der Waals surface area (Å²) in [5.74, 6) is 0.235. The molecule has 0 bridgehead atoms. The molecule has 1 aliphatic heterocycles. The fourth-order valence-corrected chi connectivity index (χ4v) is 4.60. The minimum atomic E-state index is -0.289. The smallest absolute Gasteiger partial charge is 0.267 e. The maximum Gasteiger partial charge on any atom is 0.272 e. The first kappa shape index (κ1) is 20.0. The monoisotopic (exact) mass is 441 g/mol. The van der Waals surface area contributed by atoms with E-state index in [0.717, 1.165) is 28.0 Å². The number of carbonyl (C=O) groups is 2. The number of hydrogen-bond donors (Lipinski definition) is 2. The van der Waals surface area contributed by atoms with Crippen LogP contribution in [0.25, 0.3) is 22.2 Å². The number of nitrogens with one attached hydrogen (secondary N) is 2. The van der Waals surface area contributed by atoms with Crippen molar-refractivity contribution >= 4 is 40.7 Å². The van der Waals surface area contributed by atoms with Crippen LogP contribution in [0.4, 0.5) is 0 Å². The summed E-state index contributed by atoms with van der Waals surface area (Å²) in [6.45, 7) is 2.02. The van der Waals surface area contributed by atoms with Gasteiger partial charge < -0.3 is 0 Å². The SMILES string of the molecule is CCSc1ncccc1C(=O)Nn1c(-c2ccccc2)c2c3c(cccc31)C(=O)NN=C2. The van der Waals surface area contributed by atoms with E-state index >= 15 is 0 Å². The lowest BCUT2D eigenvalue weighted by Gasteiger charge is -2.15. The highest BCUT2D eigenvalue weighted by Gasteiger charge is 2.25. The van der Waals surface area contributed by atoms with E-state index in [1.54, 1.807) is 41.4 Å². The third kappa shape index (κ3) is 3.34. The zero-order valence-electron chi connectivity index (χ0n) is 17.2. The molecule has 2 amide bonds. The van der Waals surface area contributed by atoms with E-state index in [1.165, 1.54) is 11.8 Å². The lowest BCUT2D eigenvalue weighted by atomic mass is 10.0. The van der Waals surface area contributed by atoms with E-state index in [1.807, 2.05) is 43.3 Å². The van der Waals surface area contributed by atoms with Gasteiger partial charge in [0.1, 0.15) is 5.03 Å². The summed E-state index contributed by atoms with van der Waals surface area (Å²) in [5, 5.41) is 5.51. The summed E-state index contributed by atoms with van der Waals surface area (Å²) in [4.78, 5) is 30.3. The van der Waals surface area contributed by atoms with Crippen LogP contribution in [0.1, 0.15) is 33.2 Å². The Morgan fingerprint density at radius 2 is 1.94 bits per heavy atom. The van der Waals surface area contributed by atoms with Gasteiger partial charge in [0.05, 0.1) is 28.6 Å². The second-order valence-electron chi connectivity index (χ2n) is 7.09. The molecule has 1 aliphatic rings. The molecule has 0 aliphatic carbocycles. The van der Waals surface area contributed by atoms with E-state index in [0.29, 0.717) is 21.7 Å². The first-order valence-corrected chi connectivity index (χ1v) is 11.1. The zero-order chi connectivity index (χ0) is 22.1. The number of amides is 2. The molecule has 0 saturated heterocycles. The predicted molar refractivity (Wildman–Crippen MR) is 127 cm³/mol. The fraction of sp³-hybridized carbons (Fsp3) is 0.0833. The number of nitrogens with zero attached hydrogens (tertiary/aromatic N) is 3. The van der Waals surface area contributed by atoms with Crippen LogP contribution in [0.5, 0.6) is 0 Å². The van der Waals surface area contributed by atoms with Crippen LogP contribution < -0.4 is 10.9 Å². The van der Waals surface area contributed by atoms with Crippen molar-refractivity contribution in [2.45, 2.75) is 11.9 Å². The molecule has 0 atom stereocenters. The number of pyridine rings is 1. The van der Waals surface area contributed by atoms with Crippen molar-refractivity contribution in [1.82, 2.24) is 15.1 Å². The second kappa shape index (κ2) is 8.32. The first-order valence-electron chi connectivity index (χ1n) is 10.1. The van der Waals surface area contributed by atoms with Crippen LogP contribution in [0.15, 0.2) is 77.0 Å². The van der Waals surface area contributed by atoms with E-state index in [-0.39, 0.29) is 11.8 Å². The molecule has 32 heavy (non-hydrogen) atoms. The van der Waals surface area contributed by atoms with Gasteiger partial charge in [0.15, 0.2) is 0 Å². The maximum absolute atomic E-state index is 13.4. The first-order chi connectivity index (χ1) is 15.7. The van der Waals surface area contributed by atoms with Gasteiger partial charge in [-0.25, -0.2) is 10.4 Å². The zero-order valence-corrected chi connectivity index (χ0v) is 18.0. The molecule has 3 heterocycles. The lowest BCUT2D eigenvalue weighted by molar-refractivity contribution is 0.0956. The second-order valence-corrected chi connectivity index (χ2v) is 8.35. The summed E-state index contributed by atoms with van der Waals surface area (Å²) in [6.07, 6.45) is 3.31. The van der Waals surface area contributed by atoms with Crippen molar-refractivity contribution in [1.29, 1.82) is 0 Å². The summed E-state index contributed by atoms with van der Waals surface area (Å²) in [7, 11) is 0. The number of thioether (sulfide) groups is 1. The molecule has 2 aromatic heterocycles. The average Bonchev–Trinajstić information content (AvgIpc) is 3.02. The molecule has 158 valence electrons. The minimum absolute atomic E-state index is 0.279. The third-order valence-corrected chi connectivity index (χ3v) is 6.08. The van der Waals surface area contributed by atoms with Gasteiger partial charge in [0.2, 0.25) is 0 Å². The maximum atomic E-state index is 13.4. The van der Waals surface area contributed by atoms with E-state index in [4.69, 9.17) is 0 Å². The molecule has 0 spiro atoms. The van der Waals surface area contributed by atoms with Crippen LogP contribution in [-0.4, -0.2) is 33.4 Å². The highest BCUT2D eigenvalue weighted by atomic mass is 32.2. The molecule has 2 N–H and O–H groups in total. The van der Waals surface area contributed by atoms with Gasteiger partial charge in [-0.1, -0.05) is 43.3 Å². The molecule has 8 heteroatoms. The molecule has 0 saturated carbocycles. The number of hydrazone groups is 1. The van der Waals surface area contributed by atoms with Gasteiger partial charge in [-0.05, 0) is 30.0 Å². The molecule has 0 fully saturated rings. The van der Waals surface area contributed by atoms with Crippen LogP contribution in [0, 0.1) is 0 Å². The fourth-order valence-electron chi connectivity index (χ4n) is 3.87. The van der Waals surface area contributed by atoms with Gasteiger partial charge in [0, 0.05) is 22.7 Å². The van der Waals surface area contributed by atoms with Crippen molar-refractivity contribution in [2.24, 2.45) is 5.10 Å². The summed E-state index contributed by atoms with van der Waals surface area (Å²) in [6, 6.07) is 18.7.